The van der Waals surface area contributed by atoms with Crippen molar-refractivity contribution < 1.29 is 0 Å². The molecular weight excluding hydrogens is 283 g/mol. The molecule has 0 bridgehead atoms. The molecule has 1 aromatic carbocycles. The van der Waals surface area contributed by atoms with Crippen LogP contribution >= 0.6 is 23.2 Å². The lowest BCUT2D eigenvalue weighted by Gasteiger charge is -2.15. The Kier molecular flexibility index (Phi) is 4.80. The lowest BCUT2D eigenvalue weighted by Crippen LogP contribution is -2.22. The standard InChI is InChI=1S/C13H16Cl2N4/c1-9(11-7-10(14)3-4-12(11)15)16-6-5-13-17-8-19(2)18-13/h3-4,7-9,16H,5-6H2,1-2H3. The second-order valence-electron chi connectivity index (χ2n) is 4.43. The Bertz CT molecular complexity index is 553. The molecule has 0 spiro atoms. The Morgan fingerprint density at radius 3 is 2.84 bits per heavy atom. The van der Waals surface area contributed by atoms with Crippen LogP contribution in [0, 0.1) is 0 Å². The molecule has 0 aliphatic rings. The van der Waals surface area contributed by atoms with Crippen LogP contribution in [-0.4, -0.2) is 21.3 Å². The maximum absolute atomic E-state index is 6.16. The van der Waals surface area contributed by atoms with Gasteiger partial charge in [-0.25, -0.2) is 4.98 Å². The SMILES string of the molecule is CC(NCCc1ncn(C)n1)c1cc(Cl)ccc1Cl. The minimum atomic E-state index is 0.134. The summed E-state index contributed by atoms with van der Waals surface area (Å²) < 4.78 is 1.70. The van der Waals surface area contributed by atoms with Crippen LogP contribution in [0.25, 0.3) is 0 Å². The van der Waals surface area contributed by atoms with Crippen LogP contribution in [0.5, 0.6) is 0 Å². The summed E-state index contributed by atoms with van der Waals surface area (Å²) in [6.45, 7) is 2.84. The van der Waals surface area contributed by atoms with Gasteiger partial charge in [-0.1, -0.05) is 23.2 Å². The van der Waals surface area contributed by atoms with Crippen LogP contribution in [0.15, 0.2) is 24.5 Å². The summed E-state index contributed by atoms with van der Waals surface area (Å²) in [6.07, 6.45) is 2.48. The van der Waals surface area contributed by atoms with E-state index < -0.39 is 0 Å². The molecule has 102 valence electrons. The maximum atomic E-state index is 6.16. The van der Waals surface area contributed by atoms with Gasteiger partial charge in [0.15, 0.2) is 5.82 Å². The Morgan fingerprint density at radius 1 is 1.37 bits per heavy atom. The van der Waals surface area contributed by atoms with Crippen LogP contribution in [-0.2, 0) is 13.5 Å². The summed E-state index contributed by atoms with van der Waals surface area (Å²) in [4.78, 5) is 4.18. The minimum Gasteiger partial charge on any atom is -0.310 e. The molecule has 1 N–H and O–H groups in total. The molecule has 0 saturated carbocycles. The average Bonchev–Trinajstić information content (AvgIpc) is 2.78. The van der Waals surface area contributed by atoms with Gasteiger partial charge in [0.25, 0.3) is 0 Å². The van der Waals surface area contributed by atoms with Crippen molar-refractivity contribution in [3.8, 4) is 0 Å². The van der Waals surface area contributed by atoms with E-state index in [0.29, 0.717) is 5.02 Å². The van der Waals surface area contributed by atoms with E-state index in [-0.39, 0.29) is 6.04 Å². The van der Waals surface area contributed by atoms with Gasteiger partial charge < -0.3 is 5.32 Å². The Labute approximate surface area is 122 Å². The Morgan fingerprint density at radius 2 is 2.16 bits per heavy atom. The highest BCUT2D eigenvalue weighted by Gasteiger charge is 2.10. The van der Waals surface area contributed by atoms with Gasteiger partial charge in [-0.2, -0.15) is 5.10 Å². The van der Waals surface area contributed by atoms with E-state index in [2.05, 4.69) is 22.3 Å². The number of benzene rings is 1. The molecule has 1 unspecified atom stereocenters. The number of hydrogen-bond donors (Lipinski definition) is 1. The fraction of sp³-hybridized carbons (Fsp3) is 0.385. The quantitative estimate of drug-likeness (QED) is 0.923. The maximum Gasteiger partial charge on any atom is 0.151 e. The number of aromatic nitrogens is 3. The summed E-state index contributed by atoms with van der Waals surface area (Å²) >= 11 is 12.1. The number of rotatable bonds is 5. The number of nitrogens with one attached hydrogen (secondary N) is 1. The highest BCUT2D eigenvalue weighted by molar-refractivity contribution is 6.33. The van der Waals surface area contributed by atoms with Gasteiger partial charge in [0.2, 0.25) is 0 Å². The number of aryl methyl sites for hydroxylation is 1. The molecule has 2 rings (SSSR count). The van der Waals surface area contributed by atoms with Gasteiger partial charge in [-0.05, 0) is 30.7 Å². The average molecular weight is 299 g/mol. The van der Waals surface area contributed by atoms with Crippen molar-refractivity contribution in [1.82, 2.24) is 20.1 Å². The minimum absolute atomic E-state index is 0.134. The fourth-order valence-electron chi connectivity index (χ4n) is 1.86. The summed E-state index contributed by atoms with van der Waals surface area (Å²) in [5, 5.41) is 9.04. The van der Waals surface area contributed by atoms with E-state index in [0.717, 1.165) is 29.4 Å². The lowest BCUT2D eigenvalue weighted by atomic mass is 10.1. The van der Waals surface area contributed by atoms with Gasteiger partial charge in [-0.15, -0.1) is 0 Å². The first-order valence-corrected chi connectivity index (χ1v) is 6.84. The zero-order valence-electron chi connectivity index (χ0n) is 10.9. The molecule has 0 aliphatic carbocycles. The monoisotopic (exact) mass is 298 g/mol. The van der Waals surface area contributed by atoms with Gasteiger partial charge in [0.1, 0.15) is 6.33 Å². The highest BCUT2D eigenvalue weighted by Crippen LogP contribution is 2.25. The van der Waals surface area contributed by atoms with Crippen LogP contribution in [0.3, 0.4) is 0 Å². The van der Waals surface area contributed by atoms with Gasteiger partial charge in [-0.3, -0.25) is 4.68 Å². The molecular formula is C13H16Cl2N4. The summed E-state index contributed by atoms with van der Waals surface area (Å²) in [7, 11) is 1.86. The topological polar surface area (TPSA) is 42.7 Å². The normalized spacial score (nSPS) is 12.6. The van der Waals surface area contributed by atoms with Crippen LogP contribution < -0.4 is 5.32 Å². The van der Waals surface area contributed by atoms with E-state index >= 15 is 0 Å². The molecule has 2 aromatic rings. The third-order valence-electron chi connectivity index (χ3n) is 2.87. The number of hydrogen-bond acceptors (Lipinski definition) is 3. The van der Waals surface area contributed by atoms with Gasteiger partial charge in [0, 0.05) is 36.1 Å². The molecule has 4 nitrogen and oxygen atoms in total. The first-order chi connectivity index (χ1) is 9.06. The predicted molar refractivity (Wildman–Crippen MR) is 77.6 cm³/mol. The highest BCUT2D eigenvalue weighted by atomic mass is 35.5. The van der Waals surface area contributed by atoms with Gasteiger partial charge in [0.05, 0.1) is 0 Å². The third-order valence-corrected chi connectivity index (χ3v) is 3.45. The Hall–Kier alpha value is -1.10. The largest absolute Gasteiger partial charge is 0.310 e. The van der Waals surface area contributed by atoms with E-state index in [1.807, 2.05) is 19.2 Å². The molecule has 0 fully saturated rings. The number of halogens is 2. The van der Waals surface area contributed by atoms with Crippen molar-refractivity contribution in [3.05, 3.63) is 46.0 Å². The van der Waals surface area contributed by atoms with Crippen LogP contribution in [0.1, 0.15) is 24.4 Å². The first-order valence-electron chi connectivity index (χ1n) is 6.09. The van der Waals surface area contributed by atoms with Crippen molar-refractivity contribution in [2.24, 2.45) is 7.05 Å². The number of nitrogens with zero attached hydrogens (tertiary/aromatic N) is 3. The zero-order valence-corrected chi connectivity index (χ0v) is 12.4. The van der Waals surface area contributed by atoms with Crippen molar-refractivity contribution in [1.29, 1.82) is 0 Å². The smallest absolute Gasteiger partial charge is 0.151 e. The molecule has 0 amide bonds. The lowest BCUT2D eigenvalue weighted by molar-refractivity contribution is 0.568. The molecule has 0 aliphatic heterocycles. The molecule has 1 aromatic heterocycles. The molecule has 0 saturated heterocycles. The Balaban J connectivity index is 1.90. The van der Waals surface area contributed by atoms with E-state index in [9.17, 15) is 0 Å². The molecule has 6 heteroatoms. The predicted octanol–water partition coefficient (Wildman–Crippen LogP) is 3.02. The van der Waals surface area contributed by atoms with Crippen LogP contribution in [0.2, 0.25) is 10.0 Å². The second-order valence-corrected chi connectivity index (χ2v) is 5.27. The second kappa shape index (κ2) is 6.37. The van der Waals surface area contributed by atoms with Crippen molar-refractivity contribution >= 4 is 23.2 Å². The summed E-state index contributed by atoms with van der Waals surface area (Å²) in [5.41, 5.74) is 1.00. The molecule has 1 atom stereocenters. The van der Waals surface area contributed by atoms with Gasteiger partial charge >= 0.3 is 0 Å². The first kappa shape index (κ1) is 14.3. The van der Waals surface area contributed by atoms with Crippen molar-refractivity contribution in [3.63, 3.8) is 0 Å². The summed E-state index contributed by atoms with van der Waals surface area (Å²) in [6, 6.07) is 5.63. The molecule has 0 radical (unpaired) electrons. The van der Waals surface area contributed by atoms with E-state index in [1.165, 1.54) is 0 Å². The summed E-state index contributed by atoms with van der Waals surface area (Å²) in [5.74, 6) is 0.833. The third kappa shape index (κ3) is 3.93. The zero-order chi connectivity index (χ0) is 13.8. The van der Waals surface area contributed by atoms with Crippen LogP contribution in [0.4, 0.5) is 0 Å². The van der Waals surface area contributed by atoms with Crippen molar-refractivity contribution in [2.45, 2.75) is 19.4 Å². The molecule has 19 heavy (non-hydrogen) atoms. The van der Waals surface area contributed by atoms with Crippen molar-refractivity contribution in [2.75, 3.05) is 6.54 Å². The molecule has 1 heterocycles. The fourth-order valence-corrected chi connectivity index (χ4v) is 2.32. The van der Waals surface area contributed by atoms with E-state index in [1.54, 1.807) is 17.1 Å². The van der Waals surface area contributed by atoms with E-state index in [4.69, 9.17) is 23.2 Å².